The number of benzene rings is 1. The second kappa shape index (κ2) is 3.93. The van der Waals surface area contributed by atoms with Crippen LogP contribution in [0.1, 0.15) is 17.9 Å². The summed E-state index contributed by atoms with van der Waals surface area (Å²) in [6.45, 7) is 0.876. The summed E-state index contributed by atoms with van der Waals surface area (Å²) >= 11 is 0. The second-order valence-corrected chi connectivity index (χ2v) is 4.09. The Morgan fingerprint density at radius 2 is 2.13 bits per heavy atom. The first-order chi connectivity index (χ1) is 7.20. The minimum Gasteiger partial charge on any atom is -0.385 e. The molecule has 15 heavy (non-hydrogen) atoms. The molecule has 1 aromatic carbocycles. The number of fused-ring (bicyclic) bond motifs is 1. The molecular weight excluding hydrogens is 188 g/mol. The second-order valence-electron chi connectivity index (χ2n) is 4.09. The number of likely N-dealkylation sites (N-methyl/N-ethyl adjacent to an activating group) is 1. The number of carbonyl (C=O) groups is 1. The largest absolute Gasteiger partial charge is 0.385 e. The van der Waals surface area contributed by atoms with Gasteiger partial charge >= 0.3 is 0 Å². The number of hydrogen-bond donors (Lipinski definition) is 1. The van der Waals surface area contributed by atoms with Crippen LogP contribution in [-0.4, -0.2) is 31.4 Å². The van der Waals surface area contributed by atoms with E-state index in [0.717, 1.165) is 24.2 Å². The smallest absolute Gasteiger partial charge is 0.229 e. The van der Waals surface area contributed by atoms with Crippen molar-refractivity contribution in [2.24, 2.45) is 0 Å². The monoisotopic (exact) mass is 204 g/mol. The number of anilines is 1. The lowest BCUT2D eigenvalue weighted by Crippen LogP contribution is -2.32. The lowest BCUT2D eigenvalue weighted by atomic mass is 9.90. The van der Waals surface area contributed by atoms with Gasteiger partial charge in [0.05, 0.1) is 5.92 Å². The summed E-state index contributed by atoms with van der Waals surface area (Å²) in [5, 5.41) is 3.32. The zero-order valence-corrected chi connectivity index (χ0v) is 9.16. The highest BCUT2D eigenvalue weighted by atomic mass is 16.2. The molecule has 0 radical (unpaired) electrons. The van der Waals surface area contributed by atoms with E-state index >= 15 is 0 Å². The SMILES string of the molecule is CN(C)C(=O)[C@@H]1CCNc2ccccc21. The van der Waals surface area contributed by atoms with E-state index in [4.69, 9.17) is 0 Å². The molecule has 1 amide bonds. The number of nitrogens with zero attached hydrogens (tertiary/aromatic N) is 1. The predicted octanol–water partition coefficient (Wildman–Crippen LogP) is 1.67. The lowest BCUT2D eigenvalue weighted by Gasteiger charge is -2.27. The average molecular weight is 204 g/mol. The molecule has 80 valence electrons. The van der Waals surface area contributed by atoms with Gasteiger partial charge in [-0.15, -0.1) is 0 Å². The van der Waals surface area contributed by atoms with Crippen molar-refractivity contribution in [1.82, 2.24) is 4.90 Å². The van der Waals surface area contributed by atoms with Crippen LogP contribution in [0.2, 0.25) is 0 Å². The molecular formula is C12H16N2O. The van der Waals surface area contributed by atoms with Gasteiger partial charge in [0.15, 0.2) is 0 Å². The molecule has 1 atom stereocenters. The summed E-state index contributed by atoms with van der Waals surface area (Å²) in [5.41, 5.74) is 2.23. The quantitative estimate of drug-likeness (QED) is 0.754. The van der Waals surface area contributed by atoms with Crippen molar-refractivity contribution in [3.63, 3.8) is 0 Å². The van der Waals surface area contributed by atoms with Crippen LogP contribution in [0.3, 0.4) is 0 Å². The first-order valence-electron chi connectivity index (χ1n) is 5.24. The molecule has 1 heterocycles. The van der Waals surface area contributed by atoms with Gasteiger partial charge in [-0.2, -0.15) is 0 Å². The lowest BCUT2D eigenvalue weighted by molar-refractivity contribution is -0.130. The van der Waals surface area contributed by atoms with Crippen LogP contribution in [0.25, 0.3) is 0 Å². The normalized spacial score (nSPS) is 18.9. The summed E-state index contributed by atoms with van der Waals surface area (Å²) in [5.74, 6) is 0.224. The third-order valence-electron chi connectivity index (χ3n) is 2.82. The van der Waals surface area contributed by atoms with Crippen molar-refractivity contribution in [2.75, 3.05) is 26.0 Å². The van der Waals surface area contributed by atoms with Crippen LogP contribution >= 0.6 is 0 Å². The summed E-state index contributed by atoms with van der Waals surface area (Å²) in [7, 11) is 3.62. The Kier molecular flexibility index (Phi) is 2.62. The molecule has 0 fully saturated rings. The third kappa shape index (κ3) is 1.82. The Hall–Kier alpha value is -1.51. The van der Waals surface area contributed by atoms with E-state index in [0.29, 0.717) is 0 Å². The van der Waals surface area contributed by atoms with Gasteiger partial charge < -0.3 is 10.2 Å². The van der Waals surface area contributed by atoms with Crippen molar-refractivity contribution in [3.05, 3.63) is 29.8 Å². The van der Waals surface area contributed by atoms with Crippen LogP contribution in [0.4, 0.5) is 5.69 Å². The highest BCUT2D eigenvalue weighted by molar-refractivity contribution is 5.86. The van der Waals surface area contributed by atoms with Gasteiger partial charge in [0.2, 0.25) is 5.91 Å². The van der Waals surface area contributed by atoms with E-state index in [1.165, 1.54) is 0 Å². The van der Waals surface area contributed by atoms with E-state index in [9.17, 15) is 4.79 Å². The Morgan fingerprint density at radius 3 is 2.87 bits per heavy atom. The Labute approximate surface area is 90.1 Å². The Morgan fingerprint density at radius 1 is 1.40 bits per heavy atom. The highest BCUT2D eigenvalue weighted by Crippen LogP contribution is 2.32. The van der Waals surface area contributed by atoms with Crippen molar-refractivity contribution >= 4 is 11.6 Å². The minimum atomic E-state index is 0.0254. The number of para-hydroxylation sites is 1. The summed E-state index contributed by atoms with van der Waals surface area (Å²) in [6, 6.07) is 8.05. The van der Waals surface area contributed by atoms with Gasteiger partial charge in [0, 0.05) is 26.3 Å². The van der Waals surface area contributed by atoms with E-state index in [1.807, 2.05) is 38.4 Å². The van der Waals surface area contributed by atoms with Gasteiger partial charge in [0.25, 0.3) is 0 Å². The molecule has 1 aliphatic heterocycles. The summed E-state index contributed by atoms with van der Waals surface area (Å²) < 4.78 is 0. The molecule has 0 aromatic heterocycles. The first-order valence-corrected chi connectivity index (χ1v) is 5.24. The predicted molar refractivity (Wildman–Crippen MR) is 61.0 cm³/mol. The van der Waals surface area contributed by atoms with E-state index < -0.39 is 0 Å². The van der Waals surface area contributed by atoms with Gasteiger partial charge in [-0.05, 0) is 18.1 Å². The van der Waals surface area contributed by atoms with Crippen molar-refractivity contribution in [1.29, 1.82) is 0 Å². The van der Waals surface area contributed by atoms with Crippen LogP contribution in [0.15, 0.2) is 24.3 Å². The zero-order chi connectivity index (χ0) is 10.8. The van der Waals surface area contributed by atoms with Gasteiger partial charge in [-0.3, -0.25) is 4.79 Å². The minimum absolute atomic E-state index is 0.0254. The maximum absolute atomic E-state index is 12.0. The molecule has 0 bridgehead atoms. The number of hydrogen-bond acceptors (Lipinski definition) is 2. The molecule has 0 saturated heterocycles. The number of rotatable bonds is 1. The van der Waals surface area contributed by atoms with Crippen LogP contribution < -0.4 is 5.32 Å². The topological polar surface area (TPSA) is 32.3 Å². The molecule has 0 saturated carbocycles. The summed E-state index contributed by atoms with van der Waals surface area (Å²) in [4.78, 5) is 13.6. The van der Waals surface area contributed by atoms with Crippen molar-refractivity contribution in [3.8, 4) is 0 Å². The summed E-state index contributed by atoms with van der Waals surface area (Å²) in [6.07, 6.45) is 0.883. The van der Waals surface area contributed by atoms with Crippen molar-refractivity contribution < 1.29 is 4.79 Å². The van der Waals surface area contributed by atoms with Gasteiger partial charge in [-0.25, -0.2) is 0 Å². The van der Waals surface area contributed by atoms with E-state index in [1.54, 1.807) is 4.90 Å². The molecule has 2 rings (SSSR count). The number of nitrogens with one attached hydrogen (secondary N) is 1. The van der Waals surface area contributed by atoms with Gasteiger partial charge in [0.1, 0.15) is 0 Å². The standard InChI is InChI=1S/C12H16N2O/c1-14(2)12(15)10-7-8-13-11-6-4-3-5-9(10)11/h3-6,10,13H,7-8H2,1-2H3/t10-/m1/s1. The number of amides is 1. The molecule has 0 spiro atoms. The zero-order valence-electron chi connectivity index (χ0n) is 9.16. The van der Waals surface area contributed by atoms with Crippen LogP contribution in [0.5, 0.6) is 0 Å². The molecule has 1 aliphatic rings. The molecule has 0 unspecified atom stereocenters. The molecule has 1 N–H and O–H groups in total. The van der Waals surface area contributed by atoms with Crippen LogP contribution in [-0.2, 0) is 4.79 Å². The fourth-order valence-corrected chi connectivity index (χ4v) is 2.04. The van der Waals surface area contributed by atoms with E-state index in [-0.39, 0.29) is 11.8 Å². The molecule has 3 heteroatoms. The molecule has 0 aliphatic carbocycles. The molecule has 1 aromatic rings. The molecule has 3 nitrogen and oxygen atoms in total. The van der Waals surface area contributed by atoms with Crippen molar-refractivity contribution in [2.45, 2.75) is 12.3 Å². The first kappa shape index (κ1) is 10.0. The maximum atomic E-state index is 12.0. The number of carbonyl (C=O) groups excluding carboxylic acids is 1. The van der Waals surface area contributed by atoms with E-state index in [2.05, 4.69) is 5.32 Å². The fourth-order valence-electron chi connectivity index (χ4n) is 2.04. The highest BCUT2D eigenvalue weighted by Gasteiger charge is 2.26. The Balaban J connectivity index is 2.34. The van der Waals surface area contributed by atoms with Crippen LogP contribution in [0, 0.1) is 0 Å². The average Bonchev–Trinajstić information content (AvgIpc) is 2.27. The Bertz CT molecular complexity index is 374. The maximum Gasteiger partial charge on any atom is 0.229 e. The third-order valence-corrected chi connectivity index (χ3v) is 2.82. The van der Waals surface area contributed by atoms with Gasteiger partial charge in [-0.1, -0.05) is 18.2 Å². The fraction of sp³-hybridized carbons (Fsp3) is 0.417.